The van der Waals surface area contributed by atoms with Crippen molar-refractivity contribution in [3.05, 3.63) is 29.8 Å². The van der Waals surface area contributed by atoms with Crippen molar-refractivity contribution in [2.45, 2.75) is 25.2 Å². The summed E-state index contributed by atoms with van der Waals surface area (Å²) in [6.45, 7) is 3.82. The fourth-order valence-corrected chi connectivity index (χ4v) is 5.59. The number of hydrogen-bond acceptors (Lipinski definition) is 2. The Morgan fingerprint density at radius 3 is 2.27 bits per heavy atom. The van der Waals surface area contributed by atoms with Crippen LogP contribution in [-0.4, -0.2) is 63.0 Å². The summed E-state index contributed by atoms with van der Waals surface area (Å²) in [7, 11) is 8.88. The summed E-state index contributed by atoms with van der Waals surface area (Å²) in [6.07, 6.45) is 4.07. The third-order valence-electron chi connectivity index (χ3n) is 6.82. The van der Waals surface area contributed by atoms with E-state index in [1.165, 1.54) is 44.6 Å². The Kier molecular flexibility index (Phi) is 7.04. The Labute approximate surface area is 171 Å². The molecule has 4 rings (SSSR count). The van der Waals surface area contributed by atoms with Crippen molar-refractivity contribution >= 4 is 23.8 Å². The Morgan fingerprint density at radius 1 is 1.04 bits per heavy atom. The summed E-state index contributed by atoms with van der Waals surface area (Å²) in [4.78, 5) is 4.77. The molecule has 1 saturated heterocycles. The molecule has 2 fully saturated rings. The zero-order chi connectivity index (χ0) is 16.8. The van der Waals surface area contributed by atoms with Crippen LogP contribution in [0.15, 0.2) is 24.3 Å². The summed E-state index contributed by atoms with van der Waals surface area (Å²) in [6, 6.07) is 9.37. The number of halogens is 2. The van der Waals surface area contributed by atoms with E-state index in [0.717, 1.165) is 17.8 Å². The Balaban J connectivity index is 0.00000121. The van der Waals surface area contributed by atoms with E-state index >= 15 is 0 Å². The second-order valence-corrected chi connectivity index (χ2v) is 8.51. The minimum atomic E-state index is 0. The van der Waals surface area contributed by atoms with E-state index in [0.29, 0.717) is 5.92 Å². The molecule has 0 N–H and O–H groups in total. The Hall–Kier alpha value is -0.770. The molecule has 4 atom stereocenters. The quantitative estimate of drug-likeness (QED) is 0.665. The topological polar surface area (TPSA) is 9.49 Å². The fourth-order valence-electron chi connectivity index (χ4n) is 5.59. The maximum absolute atomic E-state index is 2.59. The van der Waals surface area contributed by atoms with Gasteiger partial charge < -0.3 is 22.2 Å². The Morgan fingerprint density at radius 2 is 1.65 bits per heavy atom. The average Bonchev–Trinajstić information content (AvgIpc) is 2.96. The van der Waals surface area contributed by atoms with Crippen LogP contribution in [0.1, 0.15) is 30.7 Å². The van der Waals surface area contributed by atoms with E-state index in [1.807, 2.05) is 0 Å². The first-order valence-corrected chi connectivity index (χ1v) is 9.57. The number of hydrogen-bond donors (Lipinski definition) is 0. The van der Waals surface area contributed by atoms with Crippen LogP contribution in [0.2, 0.25) is 0 Å². The molecule has 0 radical (unpaired) electrons. The number of benzene rings is 1. The predicted molar refractivity (Wildman–Crippen MR) is 109 cm³/mol. The molecule has 0 amide bonds. The highest BCUT2D eigenvalue weighted by Gasteiger charge is 2.50. The lowest BCUT2D eigenvalue weighted by atomic mass is 9.63. The fraction of sp³-hybridized carbons (Fsp3) is 0.667. The van der Waals surface area contributed by atoms with Gasteiger partial charge in [-0.25, -0.2) is 4.58 Å². The van der Waals surface area contributed by atoms with Crippen LogP contribution in [0.3, 0.4) is 0 Å². The third kappa shape index (κ3) is 3.76. The van der Waals surface area contributed by atoms with Crippen LogP contribution in [-0.2, 0) is 0 Å². The number of likely N-dealkylation sites (tertiary alicyclic amines) is 1. The molecule has 2 aliphatic heterocycles. The van der Waals surface area contributed by atoms with E-state index in [-0.39, 0.29) is 24.8 Å². The number of nitrogens with zero attached hydrogens (tertiary/aromatic N) is 3. The molecule has 3 nitrogen and oxygen atoms in total. The molecule has 3 aliphatic rings. The van der Waals surface area contributed by atoms with Gasteiger partial charge in [-0.2, -0.15) is 0 Å². The van der Waals surface area contributed by atoms with Crippen LogP contribution in [0, 0.1) is 17.8 Å². The summed E-state index contributed by atoms with van der Waals surface area (Å²) in [5.41, 5.74) is 4.60. The second kappa shape index (κ2) is 8.50. The molecule has 5 heteroatoms. The van der Waals surface area contributed by atoms with Crippen LogP contribution < -0.4 is 17.3 Å². The molecule has 26 heavy (non-hydrogen) atoms. The minimum Gasteiger partial charge on any atom is -1.00 e. The molecular weight excluding hydrogens is 365 g/mol. The van der Waals surface area contributed by atoms with Gasteiger partial charge in [0.15, 0.2) is 5.71 Å². The van der Waals surface area contributed by atoms with Crippen molar-refractivity contribution in [2.24, 2.45) is 17.8 Å². The Bertz CT molecular complexity index is 641. The van der Waals surface area contributed by atoms with Crippen molar-refractivity contribution in [3.8, 4) is 0 Å². The predicted octanol–water partition coefficient (Wildman–Crippen LogP) is 0.337. The molecule has 2 heterocycles. The molecule has 0 aromatic heterocycles. The highest BCUT2D eigenvalue weighted by atomic mass is 35.5. The van der Waals surface area contributed by atoms with Crippen LogP contribution >= 0.6 is 12.4 Å². The summed E-state index contributed by atoms with van der Waals surface area (Å²) < 4.78 is 2.59. The van der Waals surface area contributed by atoms with Gasteiger partial charge in [0, 0.05) is 51.6 Å². The molecule has 1 aromatic carbocycles. The first-order valence-electron chi connectivity index (χ1n) is 9.57. The lowest BCUT2D eigenvalue weighted by Gasteiger charge is -2.40. The van der Waals surface area contributed by atoms with Gasteiger partial charge >= 0.3 is 0 Å². The van der Waals surface area contributed by atoms with Crippen LogP contribution in [0.4, 0.5) is 5.69 Å². The summed E-state index contributed by atoms with van der Waals surface area (Å²) >= 11 is 0. The molecule has 4 unspecified atom stereocenters. The SMILES string of the molecule is CN1CC2C3CCC[N+](C)=C3CC(c3ccc(N(C)C)cc3)C2C1.Cl.[Cl-]. The standard InChI is InChI=1S/C21H32N3.2ClH/c1-22(2)16-9-7-15(8-10-16)18-12-21-17(6-5-11-24(21)4)19-13-23(3)14-20(18)19;;/h7-10,17-20H,5-6,11-14H2,1-4H3;2*1H/q+1;;/p-1. The van der Waals surface area contributed by atoms with Gasteiger partial charge in [0.25, 0.3) is 0 Å². The van der Waals surface area contributed by atoms with Gasteiger partial charge in [0.2, 0.25) is 0 Å². The zero-order valence-corrected chi connectivity index (χ0v) is 18.1. The van der Waals surface area contributed by atoms with E-state index in [4.69, 9.17) is 0 Å². The lowest BCUT2D eigenvalue weighted by Crippen LogP contribution is -3.00. The first-order chi connectivity index (χ1) is 11.5. The van der Waals surface area contributed by atoms with Crippen molar-refractivity contribution in [1.82, 2.24) is 4.90 Å². The van der Waals surface area contributed by atoms with Crippen molar-refractivity contribution in [3.63, 3.8) is 0 Å². The van der Waals surface area contributed by atoms with Gasteiger partial charge in [0.05, 0.1) is 0 Å². The molecule has 1 saturated carbocycles. The largest absolute Gasteiger partial charge is 1.00 e. The van der Waals surface area contributed by atoms with Crippen molar-refractivity contribution in [1.29, 1.82) is 0 Å². The van der Waals surface area contributed by atoms with Gasteiger partial charge in [-0.05, 0) is 48.9 Å². The van der Waals surface area contributed by atoms with Gasteiger partial charge in [-0.3, -0.25) is 0 Å². The van der Waals surface area contributed by atoms with Crippen molar-refractivity contribution < 1.29 is 17.0 Å². The van der Waals surface area contributed by atoms with E-state index in [9.17, 15) is 0 Å². The first kappa shape index (κ1) is 21.5. The third-order valence-corrected chi connectivity index (χ3v) is 6.82. The molecular formula is C21H33Cl2N3. The zero-order valence-electron chi connectivity index (χ0n) is 16.5. The molecule has 1 aliphatic carbocycles. The summed E-state index contributed by atoms with van der Waals surface area (Å²) in [5.74, 6) is 3.24. The number of fused-ring (bicyclic) bond motifs is 3. The van der Waals surface area contributed by atoms with Gasteiger partial charge in [-0.1, -0.05) is 12.1 Å². The molecule has 1 aromatic rings. The maximum Gasteiger partial charge on any atom is 0.156 e. The summed E-state index contributed by atoms with van der Waals surface area (Å²) in [5, 5.41) is 0. The maximum atomic E-state index is 2.59. The molecule has 0 bridgehead atoms. The minimum absolute atomic E-state index is 0. The molecule has 0 spiro atoms. The normalized spacial score (nSPS) is 30.8. The lowest BCUT2D eigenvalue weighted by molar-refractivity contribution is -0.507. The van der Waals surface area contributed by atoms with E-state index < -0.39 is 0 Å². The van der Waals surface area contributed by atoms with Gasteiger partial charge in [-0.15, -0.1) is 12.4 Å². The number of rotatable bonds is 2. The monoisotopic (exact) mass is 397 g/mol. The number of anilines is 1. The smallest absolute Gasteiger partial charge is 0.156 e. The van der Waals surface area contributed by atoms with Gasteiger partial charge in [0.1, 0.15) is 13.6 Å². The van der Waals surface area contributed by atoms with E-state index in [2.05, 4.69) is 66.8 Å². The van der Waals surface area contributed by atoms with Crippen LogP contribution in [0.25, 0.3) is 0 Å². The highest BCUT2D eigenvalue weighted by molar-refractivity contribution is 5.85. The molecule has 146 valence electrons. The average molecular weight is 398 g/mol. The highest BCUT2D eigenvalue weighted by Crippen LogP contribution is 2.48. The van der Waals surface area contributed by atoms with Crippen LogP contribution in [0.5, 0.6) is 0 Å². The van der Waals surface area contributed by atoms with E-state index in [1.54, 1.807) is 11.3 Å². The van der Waals surface area contributed by atoms with Crippen molar-refractivity contribution in [2.75, 3.05) is 52.7 Å². The second-order valence-electron chi connectivity index (χ2n) is 8.51.